The average Bonchev–Trinajstić information content (AvgIpc) is 2.75. The Kier molecular flexibility index (Phi) is 4.58. The molecular weight excluding hydrogens is 242 g/mol. The summed E-state index contributed by atoms with van der Waals surface area (Å²) in [5.41, 5.74) is 0. The molecular formula is C14H23N3O2. The molecule has 5 nitrogen and oxygen atoms in total. The normalized spacial score (nSPS) is 17.9. The number of likely N-dealkylation sites (tertiary alicyclic amines) is 1. The Morgan fingerprint density at radius 3 is 2.74 bits per heavy atom. The second kappa shape index (κ2) is 6.19. The fourth-order valence-electron chi connectivity index (χ4n) is 2.55. The molecule has 1 aromatic heterocycles. The number of amides is 1. The Labute approximate surface area is 114 Å². The Hall–Kier alpha value is -1.36. The van der Waals surface area contributed by atoms with E-state index in [2.05, 4.69) is 29.2 Å². The monoisotopic (exact) mass is 265 g/mol. The number of nitrogens with one attached hydrogen (secondary N) is 1. The van der Waals surface area contributed by atoms with Crippen molar-refractivity contribution in [1.82, 2.24) is 10.1 Å². The van der Waals surface area contributed by atoms with E-state index in [1.807, 2.05) is 6.92 Å². The van der Waals surface area contributed by atoms with Gasteiger partial charge in [0.15, 0.2) is 5.82 Å². The zero-order valence-corrected chi connectivity index (χ0v) is 12.0. The maximum absolute atomic E-state index is 12.1. The summed E-state index contributed by atoms with van der Waals surface area (Å²) in [6, 6.07) is 1.74. The van der Waals surface area contributed by atoms with Gasteiger partial charge >= 0.3 is 0 Å². The molecule has 0 atom stereocenters. The molecule has 1 aromatic rings. The van der Waals surface area contributed by atoms with Crippen LogP contribution in [0.2, 0.25) is 0 Å². The molecule has 1 saturated heterocycles. The SMILES string of the molecule is Cc1cc(NC(=O)C2CCN(CC(C)C)CC2)no1. The summed E-state index contributed by atoms with van der Waals surface area (Å²) in [5.74, 6) is 2.08. The third-order valence-corrected chi connectivity index (χ3v) is 3.46. The van der Waals surface area contributed by atoms with Crippen molar-refractivity contribution in [2.45, 2.75) is 33.6 Å². The molecule has 19 heavy (non-hydrogen) atoms. The molecule has 1 aliphatic heterocycles. The molecule has 0 bridgehead atoms. The third kappa shape index (κ3) is 4.06. The van der Waals surface area contributed by atoms with Gasteiger partial charge < -0.3 is 14.7 Å². The Morgan fingerprint density at radius 1 is 1.53 bits per heavy atom. The summed E-state index contributed by atoms with van der Waals surface area (Å²) in [7, 11) is 0. The summed E-state index contributed by atoms with van der Waals surface area (Å²) < 4.78 is 4.94. The highest BCUT2D eigenvalue weighted by molar-refractivity contribution is 5.91. The molecule has 1 aliphatic rings. The summed E-state index contributed by atoms with van der Waals surface area (Å²) in [6.07, 6.45) is 1.85. The number of rotatable bonds is 4. The lowest BCUT2D eigenvalue weighted by Gasteiger charge is -2.32. The summed E-state index contributed by atoms with van der Waals surface area (Å²) >= 11 is 0. The van der Waals surface area contributed by atoms with Crippen molar-refractivity contribution in [2.24, 2.45) is 11.8 Å². The smallest absolute Gasteiger partial charge is 0.228 e. The zero-order valence-electron chi connectivity index (χ0n) is 12.0. The molecule has 0 aliphatic carbocycles. The van der Waals surface area contributed by atoms with Gasteiger partial charge in [0.2, 0.25) is 5.91 Å². The van der Waals surface area contributed by atoms with Crippen molar-refractivity contribution in [3.63, 3.8) is 0 Å². The van der Waals surface area contributed by atoms with Gasteiger partial charge in [0.1, 0.15) is 5.76 Å². The molecule has 1 amide bonds. The molecule has 106 valence electrons. The van der Waals surface area contributed by atoms with E-state index in [0.29, 0.717) is 17.5 Å². The number of nitrogens with zero attached hydrogens (tertiary/aromatic N) is 2. The van der Waals surface area contributed by atoms with E-state index in [9.17, 15) is 4.79 Å². The van der Waals surface area contributed by atoms with Gasteiger partial charge in [-0.25, -0.2) is 0 Å². The summed E-state index contributed by atoms with van der Waals surface area (Å²) in [5, 5.41) is 6.61. The van der Waals surface area contributed by atoms with Crippen molar-refractivity contribution in [3.05, 3.63) is 11.8 Å². The van der Waals surface area contributed by atoms with Crippen LogP contribution in [0.25, 0.3) is 0 Å². The molecule has 0 spiro atoms. The number of hydrogen-bond acceptors (Lipinski definition) is 4. The van der Waals surface area contributed by atoms with Crippen molar-refractivity contribution in [2.75, 3.05) is 25.0 Å². The highest BCUT2D eigenvalue weighted by atomic mass is 16.5. The van der Waals surface area contributed by atoms with Crippen LogP contribution in [0.1, 0.15) is 32.4 Å². The van der Waals surface area contributed by atoms with E-state index in [0.717, 1.165) is 32.5 Å². The van der Waals surface area contributed by atoms with Crippen LogP contribution in [0.5, 0.6) is 0 Å². The van der Waals surface area contributed by atoms with Gasteiger partial charge in [-0.05, 0) is 38.8 Å². The predicted molar refractivity (Wildman–Crippen MR) is 73.9 cm³/mol. The van der Waals surface area contributed by atoms with Crippen molar-refractivity contribution in [1.29, 1.82) is 0 Å². The largest absolute Gasteiger partial charge is 0.360 e. The standard InChI is InChI=1S/C14H23N3O2/c1-10(2)9-17-6-4-12(5-7-17)14(18)15-13-8-11(3)19-16-13/h8,10,12H,4-7,9H2,1-3H3,(H,15,16,18). The van der Waals surface area contributed by atoms with Crippen molar-refractivity contribution < 1.29 is 9.32 Å². The second-order valence-electron chi connectivity index (χ2n) is 5.78. The van der Waals surface area contributed by atoms with Crippen LogP contribution in [-0.4, -0.2) is 35.6 Å². The van der Waals surface area contributed by atoms with Crippen LogP contribution >= 0.6 is 0 Å². The first kappa shape index (κ1) is 14.1. The maximum atomic E-state index is 12.1. The van der Waals surface area contributed by atoms with Crippen LogP contribution in [0.3, 0.4) is 0 Å². The molecule has 0 radical (unpaired) electrons. The lowest BCUT2D eigenvalue weighted by Crippen LogP contribution is -2.39. The average molecular weight is 265 g/mol. The van der Waals surface area contributed by atoms with Gasteiger partial charge in [-0.2, -0.15) is 0 Å². The number of aryl methyl sites for hydroxylation is 1. The second-order valence-corrected chi connectivity index (χ2v) is 5.78. The first-order valence-corrected chi connectivity index (χ1v) is 7.01. The van der Waals surface area contributed by atoms with Crippen LogP contribution < -0.4 is 5.32 Å². The van der Waals surface area contributed by atoms with E-state index in [-0.39, 0.29) is 11.8 Å². The molecule has 0 aromatic carbocycles. The Balaban J connectivity index is 1.79. The van der Waals surface area contributed by atoms with Gasteiger partial charge in [-0.1, -0.05) is 19.0 Å². The molecule has 5 heteroatoms. The summed E-state index contributed by atoms with van der Waals surface area (Å²) in [4.78, 5) is 14.5. The first-order chi connectivity index (χ1) is 9.04. The third-order valence-electron chi connectivity index (χ3n) is 3.46. The maximum Gasteiger partial charge on any atom is 0.228 e. The Bertz CT molecular complexity index is 420. The minimum atomic E-state index is 0.0671. The fraction of sp³-hybridized carbons (Fsp3) is 0.714. The molecule has 0 unspecified atom stereocenters. The predicted octanol–water partition coefficient (Wildman–Crippen LogP) is 2.29. The minimum absolute atomic E-state index is 0.0671. The fourth-order valence-corrected chi connectivity index (χ4v) is 2.55. The molecule has 0 saturated carbocycles. The first-order valence-electron chi connectivity index (χ1n) is 7.01. The number of carbonyl (C=O) groups is 1. The highest BCUT2D eigenvalue weighted by Crippen LogP contribution is 2.20. The Morgan fingerprint density at radius 2 is 2.21 bits per heavy atom. The molecule has 2 rings (SSSR count). The quantitative estimate of drug-likeness (QED) is 0.907. The molecule has 1 N–H and O–H groups in total. The topological polar surface area (TPSA) is 58.4 Å². The number of carbonyl (C=O) groups excluding carboxylic acids is 1. The summed E-state index contributed by atoms with van der Waals surface area (Å²) in [6.45, 7) is 9.41. The van der Waals surface area contributed by atoms with Gasteiger partial charge in [-0.15, -0.1) is 0 Å². The van der Waals surface area contributed by atoms with Gasteiger partial charge in [0.05, 0.1) is 0 Å². The zero-order chi connectivity index (χ0) is 13.8. The van der Waals surface area contributed by atoms with Crippen LogP contribution in [0.15, 0.2) is 10.6 Å². The van der Waals surface area contributed by atoms with Crippen LogP contribution in [0, 0.1) is 18.8 Å². The highest BCUT2D eigenvalue weighted by Gasteiger charge is 2.25. The lowest BCUT2D eigenvalue weighted by molar-refractivity contribution is -0.121. The van der Waals surface area contributed by atoms with E-state index in [4.69, 9.17) is 4.52 Å². The van der Waals surface area contributed by atoms with E-state index in [1.165, 1.54) is 0 Å². The van der Waals surface area contributed by atoms with Crippen molar-refractivity contribution >= 4 is 11.7 Å². The van der Waals surface area contributed by atoms with Crippen molar-refractivity contribution in [3.8, 4) is 0 Å². The van der Waals surface area contributed by atoms with E-state index < -0.39 is 0 Å². The molecule has 2 heterocycles. The van der Waals surface area contributed by atoms with E-state index >= 15 is 0 Å². The molecule has 1 fully saturated rings. The van der Waals surface area contributed by atoms with Gasteiger partial charge in [0.25, 0.3) is 0 Å². The minimum Gasteiger partial charge on any atom is -0.360 e. The van der Waals surface area contributed by atoms with Gasteiger partial charge in [0, 0.05) is 18.5 Å². The number of hydrogen-bond donors (Lipinski definition) is 1. The number of anilines is 1. The van der Waals surface area contributed by atoms with Gasteiger partial charge in [-0.3, -0.25) is 4.79 Å². The van der Waals surface area contributed by atoms with Crippen LogP contribution in [0.4, 0.5) is 5.82 Å². The lowest BCUT2D eigenvalue weighted by atomic mass is 9.95. The number of piperidine rings is 1. The van der Waals surface area contributed by atoms with E-state index in [1.54, 1.807) is 6.07 Å². The number of aromatic nitrogens is 1. The van der Waals surface area contributed by atoms with Crippen LogP contribution in [-0.2, 0) is 4.79 Å².